The summed E-state index contributed by atoms with van der Waals surface area (Å²) in [5.74, 6) is 1.56. The third kappa shape index (κ3) is 3.21. The van der Waals surface area contributed by atoms with E-state index in [0.717, 1.165) is 12.0 Å². The normalized spacial score (nSPS) is 24.7. The van der Waals surface area contributed by atoms with Crippen LogP contribution in [0.15, 0.2) is 30.3 Å². The van der Waals surface area contributed by atoms with Gasteiger partial charge in [-0.3, -0.25) is 4.79 Å². The predicted octanol–water partition coefficient (Wildman–Crippen LogP) is 4.74. The number of hydrogen-bond acceptors (Lipinski definition) is 2. The van der Waals surface area contributed by atoms with Gasteiger partial charge in [0.1, 0.15) is 0 Å². The zero-order valence-corrected chi connectivity index (χ0v) is 13.9. The van der Waals surface area contributed by atoms with E-state index in [9.17, 15) is 4.79 Å². The highest BCUT2D eigenvalue weighted by molar-refractivity contribution is 5.96. The Bertz CT molecular complexity index is 468. The van der Waals surface area contributed by atoms with Gasteiger partial charge in [0, 0.05) is 12.0 Å². The Morgan fingerprint density at radius 3 is 2.24 bits per heavy atom. The molecule has 0 aliphatic carbocycles. The molecule has 0 N–H and O–H groups in total. The highest BCUT2D eigenvalue weighted by Gasteiger charge is 2.48. The zero-order valence-electron chi connectivity index (χ0n) is 13.9. The van der Waals surface area contributed by atoms with Crippen LogP contribution in [0, 0.1) is 17.8 Å². The maximum absolute atomic E-state index is 12.4. The minimum atomic E-state index is -0.0823. The standard InChI is InChI=1S/C19H28O2/c1-13(2)19(14(3)4)12-15(5)18(21-19)11-17(20)16-9-7-6-8-10-16/h6-10,13-15,18H,11-12H2,1-5H3/t15-,18+/m0/s1. The highest BCUT2D eigenvalue weighted by Crippen LogP contribution is 2.45. The molecule has 1 aromatic carbocycles. The van der Waals surface area contributed by atoms with Crippen molar-refractivity contribution in [3.05, 3.63) is 35.9 Å². The molecule has 0 spiro atoms. The lowest BCUT2D eigenvalue weighted by atomic mass is 9.76. The molecule has 0 amide bonds. The van der Waals surface area contributed by atoms with Crippen LogP contribution in [0.5, 0.6) is 0 Å². The Morgan fingerprint density at radius 1 is 1.19 bits per heavy atom. The quantitative estimate of drug-likeness (QED) is 0.732. The molecule has 2 heteroatoms. The van der Waals surface area contributed by atoms with Crippen molar-refractivity contribution in [2.24, 2.45) is 17.8 Å². The van der Waals surface area contributed by atoms with Crippen molar-refractivity contribution in [1.82, 2.24) is 0 Å². The number of hydrogen-bond donors (Lipinski definition) is 0. The fourth-order valence-electron chi connectivity index (χ4n) is 3.66. The molecular weight excluding hydrogens is 260 g/mol. The van der Waals surface area contributed by atoms with Gasteiger partial charge in [-0.25, -0.2) is 0 Å². The average Bonchev–Trinajstić information content (AvgIpc) is 2.78. The number of Topliss-reactive ketones (excluding diaryl/α,β-unsaturated/α-hetero) is 1. The van der Waals surface area contributed by atoms with Crippen LogP contribution in [-0.2, 0) is 4.74 Å². The van der Waals surface area contributed by atoms with E-state index in [1.807, 2.05) is 30.3 Å². The Hall–Kier alpha value is -1.15. The van der Waals surface area contributed by atoms with E-state index in [-0.39, 0.29) is 17.5 Å². The van der Waals surface area contributed by atoms with E-state index >= 15 is 0 Å². The van der Waals surface area contributed by atoms with Crippen LogP contribution in [0.3, 0.4) is 0 Å². The van der Waals surface area contributed by atoms with Gasteiger partial charge in [-0.05, 0) is 24.2 Å². The molecule has 0 saturated carbocycles. The Balaban J connectivity index is 2.10. The van der Waals surface area contributed by atoms with Gasteiger partial charge in [-0.1, -0.05) is 65.0 Å². The van der Waals surface area contributed by atoms with Crippen LogP contribution in [-0.4, -0.2) is 17.5 Å². The molecule has 1 aromatic rings. The van der Waals surface area contributed by atoms with Crippen molar-refractivity contribution in [3.8, 4) is 0 Å². The Kier molecular flexibility index (Phi) is 4.88. The number of benzene rings is 1. The largest absolute Gasteiger partial charge is 0.370 e. The van der Waals surface area contributed by atoms with E-state index in [1.54, 1.807) is 0 Å². The van der Waals surface area contributed by atoms with Gasteiger partial charge in [-0.2, -0.15) is 0 Å². The fourth-order valence-corrected chi connectivity index (χ4v) is 3.66. The van der Waals surface area contributed by atoms with Crippen LogP contribution in [0.25, 0.3) is 0 Å². The van der Waals surface area contributed by atoms with Crippen molar-refractivity contribution >= 4 is 5.78 Å². The number of ketones is 1. The first-order valence-corrected chi connectivity index (χ1v) is 8.13. The van der Waals surface area contributed by atoms with Gasteiger partial charge < -0.3 is 4.74 Å². The molecule has 21 heavy (non-hydrogen) atoms. The molecule has 2 atom stereocenters. The molecule has 1 saturated heterocycles. The fraction of sp³-hybridized carbons (Fsp3) is 0.632. The monoisotopic (exact) mass is 288 g/mol. The van der Waals surface area contributed by atoms with Crippen molar-refractivity contribution < 1.29 is 9.53 Å². The first-order valence-electron chi connectivity index (χ1n) is 8.13. The second-order valence-corrected chi connectivity index (χ2v) is 7.10. The molecule has 0 unspecified atom stereocenters. The SMILES string of the molecule is CC(C)C1(C(C)C)C[C@H](C)[C@@H](CC(=O)c2ccccc2)O1. The van der Waals surface area contributed by atoms with Crippen LogP contribution in [0.1, 0.15) is 57.8 Å². The maximum Gasteiger partial charge on any atom is 0.165 e. The summed E-state index contributed by atoms with van der Waals surface area (Å²) < 4.78 is 6.46. The molecule has 1 aliphatic heterocycles. The van der Waals surface area contributed by atoms with Crippen molar-refractivity contribution in [2.75, 3.05) is 0 Å². The third-order valence-electron chi connectivity index (χ3n) is 5.08. The summed E-state index contributed by atoms with van der Waals surface area (Å²) in [6.07, 6.45) is 1.59. The van der Waals surface area contributed by atoms with Gasteiger partial charge in [0.2, 0.25) is 0 Å². The average molecular weight is 288 g/mol. The second-order valence-electron chi connectivity index (χ2n) is 7.10. The molecule has 0 bridgehead atoms. The second kappa shape index (κ2) is 6.31. The van der Waals surface area contributed by atoms with Gasteiger partial charge in [0.25, 0.3) is 0 Å². The lowest BCUT2D eigenvalue weighted by Crippen LogP contribution is -2.41. The molecule has 2 rings (SSSR count). The van der Waals surface area contributed by atoms with Crippen LogP contribution >= 0.6 is 0 Å². The zero-order chi connectivity index (χ0) is 15.6. The molecule has 0 radical (unpaired) electrons. The summed E-state index contributed by atoms with van der Waals surface area (Å²) >= 11 is 0. The summed E-state index contributed by atoms with van der Waals surface area (Å²) in [6.45, 7) is 11.1. The van der Waals surface area contributed by atoms with E-state index in [0.29, 0.717) is 24.2 Å². The number of carbonyl (C=O) groups excluding carboxylic acids is 1. The molecule has 1 aliphatic rings. The number of carbonyl (C=O) groups is 1. The predicted molar refractivity (Wildman–Crippen MR) is 86.5 cm³/mol. The Labute approximate surface area is 128 Å². The third-order valence-corrected chi connectivity index (χ3v) is 5.08. The lowest BCUT2D eigenvalue weighted by molar-refractivity contribution is -0.102. The van der Waals surface area contributed by atoms with E-state index < -0.39 is 0 Å². The van der Waals surface area contributed by atoms with Gasteiger partial charge in [0.05, 0.1) is 11.7 Å². The van der Waals surface area contributed by atoms with E-state index in [1.165, 1.54) is 0 Å². The summed E-state index contributed by atoms with van der Waals surface area (Å²) in [6, 6.07) is 9.55. The maximum atomic E-state index is 12.4. The highest BCUT2D eigenvalue weighted by atomic mass is 16.5. The van der Waals surface area contributed by atoms with Crippen molar-refractivity contribution in [1.29, 1.82) is 0 Å². The summed E-state index contributed by atoms with van der Waals surface area (Å²) in [7, 11) is 0. The minimum absolute atomic E-state index is 0.0440. The molecule has 1 fully saturated rings. The Morgan fingerprint density at radius 2 is 1.76 bits per heavy atom. The molecule has 116 valence electrons. The van der Waals surface area contributed by atoms with Crippen LogP contribution in [0.4, 0.5) is 0 Å². The van der Waals surface area contributed by atoms with E-state index in [2.05, 4.69) is 34.6 Å². The van der Waals surface area contributed by atoms with E-state index in [4.69, 9.17) is 4.74 Å². The summed E-state index contributed by atoms with van der Waals surface area (Å²) in [5.41, 5.74) is 0.709. The topological polar surface area (TPSA) is 26.3 Å². The molecule has 0 aromatic heterocycles. The summed E-state index contributed by atoms with van der Waals surface area (Å²) in [5, 5.41) is 0. The van der Waals surface area contributed by atoms with Gasteiger partial charge in [-0.15, -0.1) is 0 Å². The number of rotatable bonds is 5. The summed E-state index contributed by atoms with van der Waals surface area (Å²) in [4.78, 5) is 12.4. The first kappa shape index (κ1) is 16.2. The van der Waals surface area contributed by atoms with Crippen molar-refractivity contribution in [2.45, 2.75) is 59.2 Å². The minimum Gasteiger partial charge on any atom is -0.370 e. The van der Waals surface area contributed by atoms with Gasteiger partial charge in [0.15, 0.2) is 5.78 Å². The molecule has 1 heterocycles. The van der Waals surface area contributed by atoms with Crippen molar-refractivity contribution in [3.63, 3.8) is 0 Å². The van der Waals surface area contributed by atoms with Gasteiger partial charge >= 0.3 is 0 Å². The van der Waals surface area contributed by atoms with Crippen LogP contribution in [0.2, 0.25) is 0 Å². The smallest absolute Gasteiger partial charge is 0.165 e. The number of ether oxygens (including phenoxy) is 1. The molecular formula is C19H28O2. The first-order chi connectivity index (χ1) is 9.86. The van der Waals surface area contributed by atoms with Crippen LogP contribution < -0.4 is 0 Å². The molecule has 2 nitrogen and oxygen atoms in total. The lowest BCUT2D eigenvalue weighted by Gasteiger charge is -2.37.